The lowest BCUT2D eigenvalue weighted by Gasteiger charge is -2.33. The van der Waals surface area contributed by atoms with Crippen LogP contribution in [0.2, 0.25) is 0 Å². The van der Waals surface area contributed by atoms with E-state index in [2.05, 4.69) is 19.2 Å². The van der Waals surface area contributed by atoms with E-state index in [-0.39, 0.29) is 23.4 Å². The first-order valence-corrected chi connectivity index (χ1v) is 10.5. The van der Waals surface area contributed by atoms with E-state index >= 15 is 0 Å². The topological polar surface area (TPSA) is 58.6 Å². The molecule has 30 heavy (non-hydrogen) atoms. The fourth-order valence-corrected chi connectivity index (χ4v) is 3.54. The third-order valence-corrected chi connectivity index (χ3v) is 5.46. The number of hydrogen-bond donors (Lipinski definition) is 1. The summed E-state index contributed by atoms with van der Waals surface area (Å²) in [6.45, 7) is 6.93. The van der Waals surface area contributed by atoms with Gasteiger partial charge < -0.3 is 15.0 Å². The second kappa shape index (κ2) is 9.74. The van der Waals surface area contributed by atoms with Crippen molar-refractivity contribution in [2.24, 2.45) is 0 Å². The van der Waals surface area contributed by atoms with Gasteiger partial charge >= 0.3 is 0 Å². The van der Waals surface area contributed by atoms with Gasteiger partial charge in [-0.05, 0) is 55.5 Å². The maximum Gasteiger partial charge on any atom is 0.260 e. The third-order valence-electron chi connectivity index (χ3n) is 5.46. The van der Waals surface area contributed by atoms with Crippen LogP contribution in [-0.2, 0) is 4.79 Å². The normalized spacial score (nSPS) is 15.7. The number of halogens is 1. The highest BCUT2D eigenvalue weighted by atomic mass is 19.1. The van der Waals surface area contributed by atoms with E-state index in [1.54, 1.807) is 24.0 Å². The van der Waals surface area contributed by atoms with E-state index in [1.165, 1.54) is 17.7 Å². The molecular formula is C24H29FN2O3. The minimum absolute atomic E-state index is 0.0310. The number of likely N-dealkylation sites (tertiary alicyclic amines) is 1. The molecule has 6 heteroatoms. The van der Waals surface area contributed by atoms with Gasteiger partial charge in [0.1, 0.15) is 11.6 Å². The fraction of sp³-hybridized carbons (Fsp3) is 0.417. The van der Waals surface area contributed by atoms with Gasteiger partial charge in [0, 0.05) is 19.1 Å². The van der Waals surface area contributed by atoms with Crippen LogP contribution in [0.1, 0.15) is 55.5 Å². The molecule has 1 aliphatic rings. The summed E-state index contributed by atoms with van der Waals surface area (Å²) in [6.07, 6.45) is 0.636. The van der Waals surface area contributed by atoms with Crippen molar-refractivity contribution >= 4 is 11.8 Å². The van der Waals surface area contributed by atoms with E-state index < -0.39 is 11.9 Å². The van der Waals surface area contributed by atoms with Crippen LogP contribution < -0.4 is 10.1 Å². The molecule has 0 spiro atoms. The number of carbonyl (C=O) groups is 2. The SMILES string of the molecule is CC(Oc1ccc(C(C)C)cc1)C(=O)NC1CCN(C(=O)c2ccccc2F)CC1. The van der Waals surface area contributed by atoms with Crippen LogP contribution in [0.25, 0.3) is 0 Å². The van der Waals surface area contributed by atoms with Crippen LogP contribution >= 0.6 is 0 Å². The number of ether oxygens (including phenoxy) is 1. The Balaban J connectivity index is 1.47. The van der Waals surface area contributed by atoms with Gasteiger partial charge in [-0.25, -0.2) is 4.39 Å². The smallest absolute Gasteiger partial charge is 0.260 e. The monoisotopic (exact) mass is 412 g/mol. The Hall–Kier alpha value is -2.89. The number of hydrogen-bond acceptors (Lipinski definition) is 3. The van der Waals surface area contributed by atoms with Crippen LogP contribution in [0.3, 0.4) is 0 Å². The molecule has 0 aromatic heterocycles. The van der Waals surface area contributed by atoms with Gasteiger partial charge in [-0.1, -0.05) is 38.1 Å². The molecule has 0 bridgehead atoms. The molecule has 1 atom stereocenters. The summed E-state index contributed by atoms with van der Waals surface area (Å²) >= 11 is 0. The second-order valence-corrected chi connectivity index (χ2v) is 8.04. The molecule has 1 unspecified atom stereocenters. The second-order valence-electron chi connectivity index (χ2n) is 8.04. The van der Waals surface area contributed by atoms with Crippen molar-refractivity contribution in [2.75, 3.05) is 13.1 Å². The standard InChI is InChI=1S/C24H29FN2O3/c1-16(2)18-8-10-20(11-9-18)30-17(3)23(28)26-19-12-14-27(15-13-19)24(29)21-6-4-5-7-22(21)25/h4-11,16-17,19H,12-15H2,1-3H3,(H,26,28). The highest BCUT2D eigenvalue weighted by Gasteiger charge is 2.27. The summed E-state index contributed by atoms with van der Waals surface area (Å²) in [6, 6.07) is 13.8. The van der Waals surface area contributed by atoms with Crippen molar-refractivity contribution < 1.29 is 18.7 Å². The lowest BCUT2D eigenvalue weighted by molar-refractivity contribution is -0.128. The Bertz CT molecular complexity index is 874. The van der Waals surface area contributed by atoms with Gasteiger partial charge in [-0.15, -0.1) is 0 Å². The molecule has 2 aromatic carbocycles. The Morgan fingerprint density at radius 3 is 2.27 bits per heavy atom. The van der Waals surface area contributed by atoms with Gasteiger partial charge in [-0.3, -0.25) is 9.59 Å². The van der Waals surface area contributed by atoms with Crippen LogP contribution in [0, 0.1) is 5.82 Å². The molecule has 1 aliphatic heterocycles. The fourth-order valence-electron chi connectivity index (χ4n) is 3.54. The van der Waals surface area contributed by atoms with Crippen LogP contribution in [-0.4, -0.2) is 41.9 Å². The molecule has 0 saturated carbocycles. The number of nitrogens with zero attached hydrogens (tertiary/aromatic N) is 1. The van der Waals surface area contributed by atoms with Crippen molar-refractivity contribution in [1.82, 2.24) is 10.2 Å². The van der Waals surface area contributed by atoms with E-state index in [4.69, 9.17) is 4.74 Å². The molecular weight excluding hydrogens is 383 g/mol. The van der Waals surface area contributed by atoms with E-state index in [0.29, 0.717) is 37.6 Å². The molecule has 1 fully saturated rings. The lowest BCUT2D eigenvalue weighted by Crippen LogP contribution is -2.49. The zero-order valence-electron chi connectivity index (χ0n) is 17.7. The molecule has 1 N–H and O–H groups in total. The molecule has 2 amide bonds. The molecule has 0 radical (unpaired) electrons. The van der Waals surface area contributed by atoms with Crippen LogP contribution in [0.5, 0.6) is 5.75 Å². The first-order valence-electron chi connectivity index (χ1n) is 10.5. The van der Waals surface area contributed by atoms with Crippen LogP contribution in [0.4, 0.5) is 4.39 Å². The molecule has 0 aliphatic carbocycles. The van der Waals surface area contributed by atoms with E-state index in [0.717, 1.165) is 0 Å². The molecule has 5 nitrogen and oxygen atoms in total. The number of amides is 2. The first kappa shape index (κ1) is 21.8. The molecule has 1 saturated heterocycles. The molecule has 2 aromatic rings. The predicted molar refractivity (Wildman–Crippen MR) is 114 cm³/mol. The zero-order valence-corrected chi connectivity index (χ0v) is 17.7. The highest BCUT2D eigenvalue weighted by Crippen LogP contribution is 2.20. The Morgan fingerprint density at radius 1 is 1.03 bits per heavy atom. The maximum absolute atomic E-state index is 13.9. The summed E-state index contributed by atoms with van der Waals surface area (Å²) < 4.78 is 19.6. The van der Waals surface area contributed by atoms with Gasteiger partial charge in [-0.2, -0.15) is 0 Å². The summed E-state index contributed by atoms with van der Waals surface area (Å²) in [5, 5.41) is 3.00. The summed E-state index contributed by atoms with van der Waals surface area (Å²) in [4.78, 5) is 26.6. The lowest BCUT2D eigenvalue weighted by atomic mass is 10.0. The minimum Gasteiger partial charge on any atom is -0.481 e. The Labute approximate surface area is 177 Å². The van der Waals surface area contributed by atoms with Crippen molar-refractivity contribution in [1.29, 1.82) is 0 Å². The summed E-state index contributed by atoms with van der Waals surface area (Å²) in [5.74, 6) is 0.106. The Kier molecular flexibility index (Phi) is 7.08. The zero-order chi connectivity index (χ0) is 21.7. The van der Waals surface area contributed by atoms with Crippen molar-refractivity contribution in [3.05, 3.63) is 65.5 Å². The van der Waals surface area contributed by atoms with Gasteiger partial charge in [0.05, 0.1) is 5.56 Å². The first-order chi connectivity index (χ1) is 14.3. The number of carbonyl (C=O) groups excluding carboxylic acids is 2. The number of benzene rings is 2. The van der Waals surface area contributed by atoms with Crippen LogP contribution in [0.15, 0.2) is 48.5 Å². The maximum atomic E-state index is 13.9. The van der Waals surface area contributed by atoms with Crippen molar-refractivity contribution in [3.8, 4) is 5.75 Å². The summed E-state index contributed by atoms with van der Waals surface area (Å²) in [7, 11) is 0. The van der Waals surface area contributed by atoms with Gasteiger partial charge in [0.15, 0.2) is 6.10 Å². The van der Waals surface area contributed by atoms with Gasteiger partial charge in [0.25, 0.3) is 11.8 Å². The molecule has 1 heterocycles. The highest BCUT2D eigenvalue weighted by molar-refractivity contribution is 5.94. The predicted octanol–water partition coefficient (Wildman–Crippen LogP) is 4.14. The van der Waals surface area contributed by atoms with Gasteiger partial charge in [0.2, 0.25) is 0 Å². The quantitative estimate of drug-likeness (QED) is 0.776. The van der Waals surface area contributed by atoms with E-state index in [9.17, 15) is 14.0 Å². The average molecular weight is 413 g/mol. The van der Waals surface area contributed by atoms with E-state index in [1.807, 2.05) is 24.3 Å². The number of rotatable bonds is 6. The number of piperidine rings is 1. The largest absolute Gasteiger partial charge is 0.481 e. The third kappa shape index (κ3) is 5.38. The van der Waals surface area contributed by atoms with Crippen molar-refractivity contribution in [2.45, 2.75) is 51.7 Å². The average Bonchev–Trinajstić information content (AvgIpc) is 2.74. The molecule has 160 valence electrons. The minimum atomic E-state index is -0.618. The van der Waals surface area contributed by atoms with Crippen molar-refractivity contribution in [3.63, 3.8) is 0 Å². The number of nitrogens with one attached hydrogen (secondary N) is 1. The Morgan fingerprint density at radius 2 is 1.67 bits per heavy atom. The summed E-state index contributed by atoms with van der Waals surface area (Å²) in [5.41, 5.74) is 1.31. The molecule has 3 rings (SSSR count).